The van der Waals surface area contributed by atoms with Crippen molar-refractivity contribution in [1.82, 2.24) is 15.1 Å². The minimum atomic E-state index is -4.57. The second-order valence-electron chi connectivity index (χ2n) is 6.80. The first-order chi connectivity index (χ1) is 15.1. The van der Waals surface area contributed by atoms with Gasteiger partial charge < -0.3 is 10.1 Å². The third kappa shape index (κ3) is 5.60. The number of carbonyl (C=O) groups is 2. The topological polar surface area (TPSA) is 90.3 Å². The number of esters is 1. The monoisotopic (exact) mass is 445 g/mol. The van der Waals surface area contributed by atoms with Gasteiger partial charge in [0.05, 0.1) is 11.3 Å². The summed E-state index contributed by atoms with van der Waals surface area (Å²) in [5.41, 5.74) is -1.27. The van der Waals surface area contributed by atoms with Gasteiger partial charge in [-0.15, -0.1) is 0 Å². The van der Waals surface area contributed by atoms with Crippen LogP contribution in [0.25, 0.3) is 5.69 Å². The summed E-state index contributed by atoms with van der Waals surface area (Å²) in [6, 6.07) is 14.4. The number of rotatable bonds is 6. The molecule has 0 aliphatic rings. The van der Waals surface area contributed by atoms with Crippen LogP contribution in [-0.4, -0.2) is 28.3 Å². The Morgan fingerprint density at radius 2 is 1.78 bits per heavy atom. The van der Waals surface area contributed by atoms with Gasteiger partial charge in [-0.05, 0) is 30.7 Å². The van der Waals surface area contributed by atoms with Crippen LogP contribution in [-0.2, 0) is 22.3 Å². The molecular formula is C22H18F3N3O4. The number of hydrogen-bond donors (Lipinski definition) is 1. The van der Waals surface area contributed by atoms with Gasteiger partial charge in [-0.2, -0.15) is 18.3 Å². The maximum atomic E-state index is 13.0. The maximum Gasteiger partial charge on any atom is 0.416 e. The molecular weight excluding hydrogens is 427 g/mol. The zero-order valence-corrected chi connectivity index (χ0v) is 16.8. The van der Waals surface area contributed by atoms with Gasteiger partial charge in [0.2, 0.25) is 11.1 Å². The van der Waals surface area contributed by atoms with Gasteiger partial charge in [-0.3, -0.25) is 9.59 Å². The summed E-state index contributed by atoms with van der Waals surface area (Å²) in [5, 5.41) is 6.43. The fourth-order valence-corrected chi connectivity index (χ4v) is 2.81. The molecule has 1 N–H and O–H groups in total. The molecule has 3 rings (SSSR count). The summed E-state index contributed by atoms with van der Waals surface area (Å²) in [4.78, 5) is 36.4. The van der Waals surface area contributed by atoms with Gasteiger partial charge in [0.25, 0.3) is 5.91 Å². The molecule has 0 atom stereocenters. The van der Waals surface area contributed by atoms with E-state index in [1.54, 1.807) is 24.3 Å². The number of ether oxygens (including phenoxy) is 1. The predicted octanol–water partition coefficient (Wildman–Crippen LogP) is 3.03. The van der Waals surface area contributed by atoms with E-state index in [-0.39, 0.29) is 17.9 Å². The Kier molecular flexibility index (Phi) is 6.72. The van der Waals surface area contributed by atoms with E-state index in [0.29, 0.717) is 0 Å². The Morgan fingerprint density at radius 1 is 1.06 bits per heavy atom. The minimum absolute atomic E-state index is 0.00646. The average Bonchev–Trinajstić information content (AvgIpc) is 2.76. The smallest absolute Gasteiger partial charge is 0.416 e. The van der Waals surface area contributed by atoms with Crippen molar-refractivity contribution in [2.75, 3.05) is 6.61 Å². The number of nitrogens with one attached hydrogen (secondary N) is 1. The second-order valence-corrected chi connectivity index (χ2v) is 6.80. The van der Waals surface area contributed by atoms with E-state index < -0.39 is 41.3 Å². The highest BCUT2D eigenvalue weighted by molar-refractivity contribution is 5.89. The molecule has 0 unspecified atom stereocenters. The van der Waals surface area contributed by atoms with E-state index in [2.05, 4.69) is 10.4 Å². The van der Waals surface area contributed by atoms with Gasteiger partial charge in [0.15, 0.2) is 6.61 Å². The summed E-state index contributed by atoms with van der Waals surface area (Å²) in [6.45, 7) is 1.04. The lowest BCUT2D eigenvalue weighted by Crippen LogP contribution is -2.30. The number of benzene rings is 2. The van der Waals surface area contributed by atoms with Crippen molar-refractivity contribution in [3.05, 3.63) is 93.4 Å². The van der Waals surface area contributed by atoms with Gasteiger partial charge in [0.1, 0.15) is 0 Å². The number of amides is 1. The fourth-order valence-electron chi connectivity index (χ4n) is 2.81. The Hall–Kier alpha value is -3.95. The number of carbonyl (C=O) groups excluding carboxylic acids is 2. The quantitative estimate of drug-likeness (QED) is 0.589. The maximum absolute atomic E-state index is 13.0. The molecule has 10 heteroatoms. The summed E-state index contributed by atoms with van der Waals surface area (Å²) in [5.74, 6) is -1.75. The van der Waals surface area contributed by atoms with Crippen molar-refractivity contribution in [2.45, 2.75) is 19.6 Å². The van der Waals surface area contributed by atoms with Gasteiger partial charge in [-0.25, -0.2) is 9.48 Å². The Bertz CT molecular complexity index is 1190. The first-order valence-corrected chi connectivity index (χ1v) is 9.41. The Balaban J connectivity index is 1.73. The standard InChI is InChI=1S/C22H18F3N3O4/c1-14-10-18(29)20(27-28(14)17-9-5-8-16(11-17)22(23,24)25)21(31)32-13-19(30)26-12-15-6-3-2-4-7-15/h2-11H,12-13H2,1H3,(H,26,30). The second kappa shape index (κ2) is 9.46. The third-order valence-corrected chi connectivity index (χ3v) is 4.39. The van der Waals surface area contributed by atoms with Crippen LogP contribution in [0.15, 0.2) is 65.5 Å². The van der Waals surface area contributed by atoms with Crippen molar-refractivity contribution in [1.29, 1.82) is 0 Å². The van der Waals surface area contributed by atoms with E-state index >= 15 is 0 Å². The summed E-state index contributed by atoms with van der Waals surface area (Å²) in [7, 11) is 0. The van der Waals surface area contributed by atoms with Crippen LogP contribution >= 0.6 is 0 Å². The SMILES string of the molecule is Cc1cc(=O)c(C(=O)OCC(=O)NCc2ccccc2)nn1-c1cccc(C(F)(F)F)c1. The molecule has 2 aromatic carbocycles. The number of nitrogens with zero attached hydrogens (tertiary/aromatic N) is 2. The molecule has 32 heavy (non-hydrogen) atoms. The lowest BCUT2D eigenvalue weighted by molar-refractivity contribution is -0.137. The van der Waals surface area contributed by atoms with Crippen LogP contribution in [0.4, 0.5) is 13.2 Å². The van der Waals surface area contributed by atoms with Crippen molar-refractivity contribution in [2.24, 2.45) is 0 Å². The molecule has 1 aromatic heterocycles. The molecule has 7 nitrogen and oxygen atoms in total. The van der Waals surface area contributed by atoms with Crippen LogP contribution in [0, 0.1) is 6.92 Å². The molecule has 1 amide bonds. The lowest BCUT2D eigenvalue weighted by atomic mass is 10.2. The lowest BCUT2D eigenvalue weighted by Gasteiger charge is -2.13. The molecule has 0 saturated carbocycles. The number of aryl methyl sites for hydroxylation is 1. The molecule has 0 aliphatic heterocycles. The van der Waals surface area contributed by atoms with Crippen LogP contribution < -0.4 is 10.7 Å². The largest absolute Gasteiger partial charge is 0.451 e. The molecule has 0 bridgehead atoms. The van der Waals surface area contributed by atoms with Crippen LogP contribution in [0.1, 0.15) is 27.3 Å². The van der Waals surface area contributed by atoms with Crippen molar-refractivity contribution in [3.8, 4) is 5.69 Å². The minimum Gasteiger partial charge on any atom is -0.451 e. The van der Waals surface area contributed by atoms with Crippen molar-refractivity contribution in [3.63, 3.8) is 0 Å². The highest BCUT2D eigenvalue weighted by Gasteiger charge is 2.30. The first kappa shape index (κ1) is 22.7. The predicted molar refractivity (Wildman–Crippen MR) is 108 cm³/mol. The van der Waals surface area contributed by atoms with E-state index in [0.717, 1.165) is 28.4 Å². The van der Waals surface area contributed by atoms with E-state index in [1.807, 2.05) is 6.07 Å². The molecule has 0 fully saturated rings. The van der Waals surface area contributed by atoms with Crippen molar-refractivity contribution >= 4 is 11.9 Å². The number of halogens is 3. The summed E-state index contributed by atoms with van der Waals surface area (Å²) >= 11 is 0. The molecule has 3 aromatic rings. The molecule has 0 aliphatic carbocycles. The average molecular weight is 445 g/mol. The number of aromatic nitrogens is 2. The number of alkyl halides is 3. The van der Waals surface area contributed by atoms with Gasteiger partial charge in [0, 0.05) is 18.3 Å². The zero-order chi connectivity index (χ0) is 23.3. The Morgan fingerprint density at radius 3 is 2.47 bits per heavy atom. The summed E-state index contributed by atoms with van der Waals surface area (Å²) < 4.78 is 44.9. The number of hydrogen-bond acceptors (Lipinski definition) is 5. The Labute approximate surface area is 180 Å². The van der Waals surface area contributed by atoms with Crippen LogP contribution in [0.5, 0.6) is 0 Å². The van der Waals surface area contributed by atoms with Gasteiger partial charge in [-0.1, -0.05) is 36.4 Å². The van der Waals surface area contributed by atoms with E-state index in [9.17, 15) is 27.6 Å². The molecule has 0 radical (unpaired) electrons. The highest BCUT2D eigenvalue weighted by atomic mass is 19.4. The zero-order valence-electron chi connectivity index (χ0n) is 16.8. The van der Waals surface area contributed by atoms with E-state index in [4.69, 9.17) is 4.74 Å². The molecule has 166 valence electrons. The van der Waals surface area contributed by atoms with Crippen LogP contribution in [0.2, 0.25) is 0 Å². The molecule has 0 saturated heterocycles. The van der Waals surface area contributed by atoms with Crippen molar-refractivity contribution < 1.29 is 27.5 Å². The van der Waals surface area contributed by atoms with Crippen LogP contribution in [0.3, 0.4) is 0 Å². The molecule has 1 heterocycles. The first-order valence-electron chi connectivity index (χ1n) is 9.41. The van der Waals surface area contributed by atoms with Gasteiger partial charge >= 0.3 is 12.1 Å². The third-order valence-electron chi connectivity index (χ3n) is 4.39. The molecule has 0 spiro atoms. The fraction of sp³-hybridized carbons (Fsp3) is 0.182. The van der Waals surface area contributed by atoms with E-state index in [1.165, 1.54) is 19.1 Å². The highest BCUT2D eigenvalue weighted by Crippen LogP contribution is 2.30. The normalized spacial score (nSPS) is 11.1. The summed E-state index contributed by atoms with van der Waals surface area (Å²) in [6.07, 6.45) is -4.57.